The van der Waals surface area contributed by atoms with Crippen LogP contribution in [-0.4, -0.2) is 38.3 Å². The fourth-order valence-electron chi connectivity index (χ4n) is 3.04. The molecule has 8 heteroatoms. The molecule has 1 amide bonds. The van der Waals surface area contributed by atoms with E-state index in [-0.39, 0.29) is 12.3 Å². The molecule has 3 aromatic rings. The number of nitrogens with zero attached hydrogens (tertiary/aromatic N) is 3. The van der Waals surface area contributed by atoms with Crippen LogP contribution < -0.4 is 5.32 Å². The van der Waals surface area contributed by atoms with E-state index in [1.54, 1.807) is 34.3 Å². The van der Waals surface area contributed by atoms with Gasteiger partial charge in [-0.15, -0.1) is 11.3 Å². The van der Waals surface area contributed by atoms with Crippen molar-refractivity contribution in [2.75, 3.05) is 6.54 Å². The first-order valence-electron chi connectivity index (χ1n) is 8.99. The molecule has 0 aliphatic heterocycles. The molecule has 0 aliphatic rings. The SMILES string of the molecule is Cc1nn(-c2ccc(C(=O)NCCc3nccs3)cc2)c(C)c1CCC(=O)O. The summed E-state index contributed by atoms with van der Waals surface area (Å²) in [4.78, 5) is 27.3. The van der Waals surface area contributed by atoms with Crippen molar-refractivity contribution in [1.29, 1.82) is 0 Å². The van der Waals surface area contributed by atoms with Gasteiger partial charge in [-0.2, -0.15) is 5.10 Å². The van der Waals surface area contributed by atoms with Crippen LogP contribution in [0.15, 0.2) is 35.8 Å². The van der Waals surface area contributed by atoms with Crippen LogP contribution in [-0.2, 0) is 17.6 Å². The molecule has 0 radical (unpaired) electrons. The molecular weight excluding hydrogens is 376 g/mol. The predicted molar refractivity (Wildman–Crippen MR) is 107 cm³/mol. The van der Waals surface area contributed by atoms with Gasteiger partial charge in [0.15, 0.2) is 0 Å². The number of carboxylic acids is 1. The van der Waals surface area contributed by atoms with Crippen LogP contribution >= 0.6 is 11.3 Å². The number of carboxylic acid groups (broad SMARTS) is 1. The van der Waals surface area contributed by atoms with Crippen molar-refractivity contribution in [3.8, 4) is 5.69 Å². The lowest BCUT2D eigenvalue weighted by atomic mass is 10.1. The Morgan fingerprint density at radius 1 is 1.18 bits per heavy atom. The van der Waals surface area contributed by atoms with Gasteiger partial charge in [0, 0.05) is 42.2 Å². The van der Waals surface area contributed by atoms with Gasteiger partial charge < -0.3 is 10.4 Å². The summed E-state index contributed by atoms with van der Waals surface area (Å²) < 4.78 is 1.79. The Kier molecular flexibility index (Phi) is 6.20. The smallest absolute Gasteiger partial charge is 0.303 e. The van der Waals surface area contributed by atoms with E-state index >= 15 is 0 Å². The first kappa shape index (κ1) is 19.8. The zero-order chi connectivity index (χ0) is 20.1. The van der Waals surface area contributed by atoms with Gasteiger partial charge in [0.1, 0.15) is 0 Å². The highest BCUT2D eigenvalue weighted by Gasteiger charge is 2.14. The number of nitrogens with one attached hydrogen (secondary N) is 1. The number of thiazole rings is 1. The topological polar surface area (TPSA) is 97.1 Å². The Balaban J connectivity index is 1.66. The number of aliphatic carboxylic acids is 1. The summed E-state index contributed by atoms with van der Waals surface area (Å²) in [6.45, 7) is 4.35. The van der Waals surface area contributed by atoms with E-state index in [4.69, 9.17) is 5.11 Å². The maximum absolute atomic E-state index is 12.3. The number of carbonyl (C=O) groups excluding carboxylic acids is 1. The van der Waals surface area contributed by atoms with Crippen molar-refractivity contribution in [3.63, 3.8) is 0 Å². The first-order valence-corrected chi connectivity index (χ1v) is 9.87. The van der Waals surface area contributed by atoms with Gasteiger partial charge in [-0.05, 0) is 50.1 Å². The Labute approximate surface area is 167 Å². The molecule has 1 aromatic carbocycles. The molecule has 2 heterocycles. The van der Waals surface area contributed by atoms with E-state index in [0.717, 1.165) is 27.6 Å². The average molecular weight is 398 g/mol. The van der Waals surface area contributed by atoms with Crippen LogP contribution in [0.25, 0.3) is 5.69 Å². The van der Waals surface area contributed by atoms with Gasteiger partial charge in [0.25, 0.3) is 5.91 Å². The number of benzene rings is 1. The Hall–Kier alpha value is -3.00. The highest BCUT2D eigenvalue weighted by molar-refractivity contribution is 7.09. The fourth-order valence-corrected chi connectivity index (χ4v) is 3.66. The van der Waals surface area contributed by atoms with Crippen LogP contribution in [0.5, 0.6) is 0 Å². The summed E-state index contributed by atoms with van der Waals surface area (Å²) in [5.74, 6) is -0.949. The van der Waals surface area contributed by atoms with E-state index in [2.05, 4.69) is 15.4 Å². The average Bonchev–Trinajstić information content (AvgIpc) is 3.28. The van der Waals surface area contributed by atoms with Crippen LogP contribution in [0.4, 0.5) is 0 Å². The third-order valence-electron chi connectivity index (χ3n) is 4.51. The minimum atomic E-state index is -0.822. The van der Waals surface area contributed by atoms with Crippen molar-refractivity contribution in [1.82, 2.24) is 20.1 Å². The van der Waals surface area contributed by atoms with Crippen molar-refractivity contribution < 1.29 is 14.7 Å². The number of hydrogen-bond acceptors (Lipinski definition) is 5. The fraction of sp³-hybridized carbons (Fsp3) is 0.300. The van der Waals surface area contributed by atoms with E-state index < -0.39 is 5.97 Å². The summed E-state index contributed by atoms with van der Waals surface area (Å²) in [6, 6.07) is 7.22. The van der Waals surface area contributed by atoms with E-state index in [0.29, 0.717) is 24.9 Å². The molecule has 0 aliphatic carbocycles. The van der Waals surface area contributed by atoms with Crippen LogP contribution in [0, 0.1) is 13.8 Å². The number of rotatable bonds is 8. The minimum absolute atomic E-state index is 0.0769. The van der Waals surface area contributed by atoms with Crippen LogP contribution in [0.1, 0.15) is 38.7 Å². The molecule has 0 fully saturated rings. The van der Waals surface area contributed by atoms with Gasteiger partial charge in [-0.25, -0.2) is 9.67 Å². The van der Waals surface area contributed by atoms with Gasteiger partial charge >= 0.3 is 5.97 Å². The number of carbonyl (C=O) groups is 2. The second-order valence-electron chi connectivity index (χ2n) is 6.43. The second kappa shape index (κ2) is 8.79. The van der Waals surface area contributed by atoms with Crippen LogP contribution in [0.3, 0.4) is 0 Å². The quantitative estimate of drug-likeness (QED) is 0.608. The molecule has 0 bridgehead atoms. The monoisotopic (exact) mass is 398 g/mol. The predicted octanol–water partition coefficient (Wildman–Crippen LogP) is 2.94. The van der Waals surface area contributed by atoms with Gasteiger partial charge in [0.2, 0.25) is 0 Å². The summed E-state index contributed by atoms with van der Waals surface area (Å²) in [5, 5.41) is 19.3. The van der Waals surface area contributed by atoms with Crippen molar-refractivity contribution in [3.05, 3.63) is 63.4 Å². The molecule has 3 rings (SSSR count). The van der Waals surface area contributed by atoms with E-state index in [9.17, 15) is 9.59 Å². The standard InChI is InChI=1S/C20H22N4O3S/c1-13-17(7-8-19(25)26)14(2)24(23-13)16-5-3-15(4-6-16)20(27)22-10-9-18-21-11-12-28-18/h3-6,11-12H,7-10H2,1-2H3,(H,22,27)(H,25,26). The molecule has 0 atom stereocenters. The van der Waals surface area contributed by atoms with Crippen LogP contribution in [0.2, 0.25) is 0 Å². The van der Waals surface area contributed by atoms with Gasteiger partial charge in [-0.3, -0.25) is 9.59 Å². The Morgan fingerprint density at radius 3 is 2.57 bits per heavy atom. The Morgan fingerprint density at radius 2 is 1.93 bits per heavy atom. The maximum atomic E-state index is 12.3. The lowest BCUT2D eigenvalue weighted by molar-refractivity contribution is -0.136. The minimum Gasteiger partial charge on any atom is -0.481 e. The maximum Gasteiger partial charge on any atom is 0.303 e. The zero-order valence-corrected chi connectivity index (χ0v) is 16.6. The molecule has 0 unspecified atom stereocenters. The highest BCUT2D eigenvalue weighted by Crippen LogP contribution is 2.20. The van der Waals surface area contributed by atoms with E-state index in [1.807, 2.05) is 31.4 Å². The van der Waals surface area contributed by atoms with Gasteiger partial charge in [-0.1, -0.05) is 0 Å². The van der Waals surface area contributed by atoms with Crippen molar-refractivity contribution >= 4 is 23.2 Å². The largest absolute Gasteiger partial charge is 0.481 e. The summed E-state index contributed by atoms with van der Waals surface area (Å²) in [7, 11) is 0. The zero-order valence-electron chi connectivity index (χ0n) is 15.8. The van der Waals surface area contributed by atoms with Crippen molar-refractivity contribution in [2.45, 2.75) is 33.1 Å². The number of aryl methyl sites for hydroxylation is 1. The van der Waals surface area contributed by atoms with E-state index in [1.165, 1.54) is 0 Å². The number of amides is 1. The molecule has 0 spiro atoms. The number of aromatic nitrogens is 3. The summed E-state index contributed by atoms with van der Waals surface area (Å²) >= 11 is 1.57. The normalized spacial score (nSPS) is 10.8. The lowest BCUT2D eigenvalue weighted by Gasteiger charge is -2.08. The third-order valence-corrected chi connectivity index (χ3v) is 5.35. The van der Waals surface area contributed by atoms with Crippen molar-refractivity contribution in [2.24, 2.45) is 0 Å². The second-order valence-corrected chi connectivity index (χ2v) is 7.41. The molecule has 0 saturated carbocycles. The molecular formula is C20H22N4O3S. The molecule has 28 heavy (non-hydrogen) atoms. The first-order chi connectivity index (χ1) is 13.5. The molecule has 7 nitrogen and oxygen atoms in total. The summed E-state index contributed by atoms with van der Waals surface area (Å²) in [5.41, 5.74) is 4.10. The molecule has 2 N–H and O–H groups in total. The lowest BCUT2D eigenvalue weighted by Crippen LogP contribution is -2.25. The molecule has 146 valence electrons. The summed E-state index contributed by atoms with van der Waals surface area (Å²) in [6.07, 6.45) is 3.00. The molecule has 0 saturated heterocycles. The van der Waals surface area contributed by atoms with Gasteiger partial charge in [0.05, 0.1) is 16.4 Å². The third kappa shape index (κ3) is 4.64. The molecule has 2 aromatic heterocycles. The number of hydrogen-bond donors (Lipinski definition) is 2. The Bertz CT molecular complexity index is 962. The highest BCUT2D eigenvalue weighted by atomic mass is 32.1.